The van der Waals surface area contributed by atoms with Crippen LogP contribution in [0.25, 0.3) is 0 Å². The molecule has 1 aromatic heterocycles. The average Bonchev–Trinajstić information content (AvgIpc) is 2.37. The maximum Gasteiger partial charge on any atom is 0.107 e. The summed E-state index contributed by atoms with van der Waals surface area (Å²) in [5.74, 6) is 0. The van der Waals surface area contributed by atoms with Crippen LogP contribution in [-0.4, -0.2) is 10.1 Å². The van der Waals surface area contributed by atoms with Crippen LogP contribution in [0.4, 0.5) is 0 Å². The van der Waals surface area contributed by atoms with E-state index in [9.17, 15) is 0 Å². The molecule has 1 unspecified atom stereocenters. The van der Waals surface area contributed by atoms with E-state index in [-0.39, 0.29) is 0 Å². The van der Waals surface area contributed by atoms with Crippen molar-refractivity contribution in [2.24, 2.45) is 0 Å². The highest BCUT2D eigenvalue weighted by Gasteiger charge is 2.05. The number of aliphatic hydroxyl groups excluding tert-OH is 1. The largest absolute Gasteiger partial charge is 0.387 e. The fourth-order valence-corrected chi connectivity index (χ4v) is 1.48. The van der Waals surface area contributed by atoms with E-state index in [4.69, 9.17) is 10.4 Å². The number of nitriles is 1. The van der Waals surface area contributed by atoms with Crippen LogP contribution < -0.4 is 0 Å². The summed E-state index contributed by atoms with van der Waals surface area (Å²) in [6, 6.07) is 2.00. The lowest BCUT2D eigenvalue weighted by molar-refractivity contribution is 0.195. The summed E-state index contributed by atoms with van der Waals surface area (Å²) in [5, 5.41) is 19.9. The zero-order valence-electron chi connectivity index (χ0n) is 6.11. The Morgan fingerprint density at radius 3 is 3.09 bits per heavy atom. The summed E-state index contributed by atoms with van der Waals surface area (Å²) < 4.78 is 0. The van der Waals surface area contributed by atoms with Gasteiger partial charge in [-0.05, 0) is 6.92 Å². The summed E-state index contributed by atoms with van der Waals surface area (Å²) >= 11 is 1.41. The van der Waals surface area contributed by atoms with Gasteiger partial charge in [-0.2, -0.15) is 5.26 Å². The lowest BCUT2D eigenvalue weighted by Crippen LogP contribution is -1.91. The fraction of sp³-hybridized carbons (Fsp3) is 0.429. The quantitative estimate of drug-likeness (QED) is 0.723. The predicted octanol–water partition coefficient (Wildman–Crippen LogP) is 1.26. The van der Waals surface area contributed by atoms with Gasteiger partial charge in [0, 0.05) is 5.38 Å². The third kappa shape index (κ3) is 2.00. The van der Waals surface area contributed by atoms with Gasteiger partial charge in [-0.25, -0.2) is 4.98 Å². The highest BCUT2D eigenvalue weighted by Crippen LogP contribution is 2.15. The Labute approximate surface area is 68.9 Å². The lowest BCUT2D eigenvalue weighted by atomic mass is 10.3. The van der Waals surface area contributed by atoms with E-state index in [1.165, 1.54) is 11.3 Å². The van der Waals surface area contributed by atoms with Crippen molar-refractivity contribution in [3.8, 4) is 6.07 Å². The zero-order chi connectivity index (χ0) is 8.27. The van der Waals surface area contributed by atoms with Gasteiger partial charge in [0.25, 0.3) is 0 Å². The molecule has 1 rings (SSSR count). The zero-order valence-corrected chi connectivity index (χ0v) is 6.93. The average molecular weight is 168 g/mol. The number of hydrogen-bond donors (Lipinski definition) is 1. The van der Waals surface area contributed by atoms with Crippen molar-refractivity contribution in [3.63, 3.8) is 0 Å². The second kappa shape index (κ2) is 3.46. The molecule has 1 aromatic rings. The summed E-state index contributed by atoms with van der Waals surface area (Å²) in [6.45, 7) is 1.66. The Hall–Kier alpha value is -0.920. The molecular weight excluding hydrogens is 160 g/mol. The first-order valence-corrected chi connectivity index (χ1v) is 4.11. The molecule has 11 heavy (non-hydrogen) atoms. The van der Waals surface area contributed by atoms with Gasteiger partial charge in [0.2, 0.25) is 0 Å². The molecule has 0 fully saturated rings. The predicted molar refractivity (Wildman–Crippen MR) is 42.1 cm³/mol. The molecule has 0 aromatic carbocycles. The molecule has 0 saturated carbocycles. The van der Waals surface area contributed by atoms with Gasteiger partial charge in [0.15, 0.2) is 0 Å². The Balaban J connectivity index is 2.75. The Morgan fingerprint density at radius 2 is 2.64 bits per heavy atom. The van der Waals surface area contributed by atoms with Gasteiger partial charge in [-0.15, -0.1) is 11.3 Å². The van der Waals surface area contributed by atoms with Gasteiger partial charge in [-0.3, -0.25) is 0 Å². The molecule has 0 radical (unpaired) electrons. The fourth-order valence-electron chi connectivity index (χ4n) is 0.666. The molecule has 3 nitrogen and oxygen atoms in total. The number of hydrogen-bond acceptors (Lipinski definition) is 4. The molecule has 0 saturated heterocycles. The van der Waals surface area contributed by atoms with Gasteiger partial charge in [0.05, 0.1) is 24.3 Å². The second-order valence-electron chi connectivity index (χ2n) is 2.18. The number of nitrogens with zero attached hydrogens (tertiary/aromatic N) is 2. The van der Waals surface area contributed by atoms with Crippen molar-refractivity contribution in [2.45, 2.75) is 19.4 Å². The third-order valence-corrected chi connectivity index (χ3v) is 2.09. The van der Waals surface area contributed by atoms with Crippen molar-refractivity contribution in [3.05, 3.63) is 16.1 Å². The summed E-state index contributed by atoms with van der Waals surface area (Å²) in [6.07, 6.45) is -0.198. The minimum Gasteiger partial charge on any atom is -0.387 e. The molecule has 4 heteroatoms. The van der Waals surface area contributed by atoms with Crippen LogP contribution in [0.1, 0.15) is 23.7 Å². The molecule has 1 heterocycles. The van der Waals surface area contributed by atoms with Crippen LogP contribution in [-0.2, 0) is 6.42 Å². The number of rotatable bonds is 2. The first-order valence-electron chi connectivity index (χ1n) is 3.23. The minimum atomic E-state index is -0.529. The monoisotopic (exact) mass is 168 g/mol. The molecule has 0 spiro atoms. The smallest absolute Gasteiger partial charge is 0.107 e. The summed E-state index contributed by atoms with van der Waals surface area (Å²) in [4.78, 5) is 4.05. The SMILES string of the molecule is CC(O)c1csc(CC#N)n1. The van der Waals surface area contributed by atoms with E-state index in [0.29, 0.717) is 12.1 Å². The van der Waals surface area contributed by atoms with Gasteiger partial charge in [-0.1, -0.05) is 0 Å². The Kier molecular flexibility index (Phi) is 2.58. The highest BCUT2D eigenvalue weighted by molar-refractivity contribution is 7.09. The molecule has 0 aliphatic carbocycles. The molecule has 1 atom stereocenters. The second-order valence-corrected chi connectivity index (χ2v) is 3.12. The molecule has 0 amide bonds. The van der Waals surface area contributed by atoms with Crippen LogP contribution in [0, 0.1) is 11.3 Å². The van der Waals surface area contributed by atoms with Gasteiger partial charge < -0.3 is 5.11 Å². The molecule has 58 valence electrons. The lowest BCUT2D eigenvalue weighted by Gasteiger charge is -1.95. The van der Waals surface area contributed by atoms with Crippen LogP contribution in [0.3, 0.4) is 0 Å². The van der Waals surface area contributed by atoms with Gasteiger partial charge >= 0.3 is 0 Å². The van der Waals surface area contributed by atoms with Crippen molar-refractivity contribution in [2.75, 3.05) is 0 Å². The maximum atomic E-state index is 9.07. The highest BCUT2D eigenvalue weighted by atomic mass is 32.1. The van der Waals surface area contributed by atoms with Crippen molar-refractivity contribution < 1.29 is 5.11 Å². The van der Waals surface area contributed by atoms with E-state index >= 15 is 0 Å². The third-order valence-electron chi connectivity index (χ3n) is 1.23. The normalized spacial score (nSPS) is 12.5. The standard InChI is InChI=1S/C7H8N2OS/c1-5(10)6-4-11-7(9-6)2-3-8/h4-5,10H,2H2,1H3. The number of aromatic nitrogens is 1. The first-order chi connectivity index (χ1) is 5.24. The summed E-state index contributed by atoms with van der Waals surface area (Å²) in [5.41, 5.74) is 0.653. The summed E-state index contributed by atoms with van der Waals surface area (Å²) in [7, 11) is 0. The van der Waals surface area contributed by atoms with E-state index in [0.717, 1.165) is 5.01 Å². The van der Waals surface area contributed by atoms with Gasteiger partial charge in [0.1, 0.15) is 5.01 Å². The minimum absolute atomic E-state index is 0.331. The van der Waals surface area contributed by atoms with E-state index in [1.54, 1.807) is 12.3 Å². The van der Waals surface area contributed by atoms with Crippen LogP contribution in [0.2, 0.25) is 0 Å². The molecule has 0 aliphatic rings. The molecular formula is C7H8N2OS. The van der Waals surface area contributed by atoms with Crippen molar-refractivity contribution >= 4 is 11.3 Å². The first kappa shape index (κ1) is 8.18. The maximum absolute atomic E-state index is 9.07. The topological polar surface area (TPSA) is 56.9 Å². The van der Waals surface area contributed by atoms with E-state index < -0.39 is 6.10 Å². The van der Waals surface area contributed by atoms with E-state index in [2.05, 4.69) is 4.98 Å². The van der Waals surface area contributed by atoms with Crippen LogP contribution >= 0.6 is 11.3 Å². The van der Waals surface area contributed by atoms with Crippen molar-refractivity contribution in [1.82, 2.24) is 4.98 Å². The molecule has 0 aliphatic heterocycles. The van der Waals surface area contributed by atoms with Crippen LogP contribution in [0.5, 0.6) is 0 Å². The molecule has 0 bridgehead atoms. The Bertz CT molecular complexity index is 274. The number of thiazole rings is 1. The van der Waals surface area contributed by atoms with E-state index in [1.807, 2.05) is 6.07 Å². The van der Waals surface area contributed by atoms with Crippen LogP contribution in [0.15, 0.2) is 5.38 Å². The number of aliphatic hydroxyl groups is 1. The Morgan fingerprint density at radius 1 is 1.91 bits per heavy atom. The molecule has 1 N–H and O–H groups in total. The van der Waals surface area contributed by atoms with Crippen molar-refractivity contribution in [1.29, 1.82) is 5.26 Å².